The molecule has 0 radical (unpaired) electrons. The molecule has 1 aliphatic carbocycles. The van der Waals surface area contributed by atoms with Crippen LogP contribution in [0.25, 0.3) is 0 Å². The molecule has 7 heteroatoms. The highest BCUT2D eigenvalue weighted by molar-refractivity contribution is 6.47. The van der Waals surface area contributed by atoms with E-state index < -0.39 is 17.4 Å². The maximum absolute atomic E-state index is 14.2. The second-order valence-corrected chi connectivity index (χ2v) is 11.1. The van der Waals surface area contributed by atoms with Crippen LogP contribution in [0, 0.1) is 11.8 Å². The summed E-state index contributed by atoms with van der Waals surface area (Å²) in [6, 6.07) is 7.03. The number of carbonyl (C=O) groups is 2. The van der Waals surface area contributed by atoms with E-state index in [4.69, 9.17) is 22.3 Å². The number of unbranched alkanes of at least 4 members (excludes halogenated alkanes) is 2. The average Bonchev–Trinajstić information content (AvgIpc) is 3.13. The lowest BCUT2D eigenvalue weighted by molar-refractivity contribution is -0.133. The number of hydrogen-bond acceptors (Lipinski definition) is 3. The van der Waals surface area contributed by atoms with Crippen molar-refractivity contribution < 1.29 is 14.0 Å². The van der Waals surface area contributed by atoms with E-state index in [0.717, 1.165) is 56.9 Å². The number of amides is 2. The number of hydrogen-bond donors (Lipinski definition) is 1. The number of alkyl halides is 1. The summed E-state index contributed by atoms with van der Waals surface area (Å²) in [5.41, 5.74) is 6.91. The second kappa shape index (κ2) is 12.9. The largest absolute Gasteiger partial charge is 0.366 e. The van der Waals surface area contributed by atoms with Crippen LogP contribution >= 0.6 is 11.6 Å². The van der Waals surface area contributed by atoms with Crippen LogP contribution in [0.4, 0.5) is 4.39 Å². The smallest absolute Gasteiger partial charge is 0.275 e. The van der Waals surface area contributed by atoms with Crippen LogP contribution in [0.3, 0.4) is 0 Å². The Morgan fingerprint density at radius 3 is 2.41 bits per heavy atom. The number of carbonyl (C=O) groups excluding carboxylic acids is 2. The van der Waals surface area contributed by atoms with Crippen molar-refractivity contribution in [1.29, 1.82) is 0 Å². The lowest BCUT2D eigenvalue weighted by Gasteiger charge is -2.46. The summed E-state index contributed by atoms with van der Waals surface area (Å²) in [4.78, 5) is 33.0. The van der Waals surface area contributed by atoms with Crippen molar-refractivity contribution >= 4 is 29.1 Å². The fraction of sp³-hybridized carbons (Fsp3) is 0.567. The summed E-state index contributed by atoms with van der Waals surface area (Å²) in [5, 5.41) is 0. The number of nitrogens with zero attached hydrogens (tertiary/aromatic N) is 2. The van der Waals surface area contributed by atoms with Gasteiger partial charge in [0.25, 0.3) is 5.91 Å². The lowest BCUT2D eigenvalue weighted by atomic mass is 9.76. The predicted octanol–water partition coefficient (Wildman–Crippen LogP) is 7.27. The Hall–Kier alpha value is -2.47. The molecule has 1 aromatic rings. The summed E-state index contributed by atoms with van der Waals surface area (Å²) in [7, 11) is 0. The van der Waals surface area contributed by atoms with Crippen molar-refractivity contribution in [3.05, 3.63) is 58.9 Å². The topological polar surface area (TPSA) is 75.8 Å². The Labute approximate surface area is 226 Å². The molecule has 2 aliphatic rings. The first-order valence-corrected chi connectivity index (χ1v) is 14.1. The van der Waals surface area contributed by atoms with E-state index in [1.165, 1.54) is 13.0 Å². The molecule has 1 fully saturated rings. The molecule has 0 aromatic heterocycles. The van der Waals surface area contributed by atoms with Gasteiger partial charge in [-0.1, -0.05) is 58.2 Å². The van der Waals surface area contributed by atoms with Crippen molar-refractivity contribution in [3.8, 4) is 0 Å². The van der Waals surface area contributed by atoms with Gasteiger partial charge in [-0.3, -0.25) is 14.6 Å². The van der Waals surface area contributed by atoms with Crippen LogP contribution in [0.5, 0.6) is 0 Å². The van der Waals surface area contributed by atoms with Crippen molar-refractivity contribution in [2.75, 3.05) is 5.88 Å². The van der Waals surface area contributed by atoms with Crippen LogP contribution in [-0.4, -0.2) is 34.0 Å². The van der Waals surface area contributed by atoms with Crippen LogP contribution < -0.4 is 5.73 Å². The Kier molecular flexibility index (Phi) is 10.1. The molecule has 2 N–H and O–H groups in total. The summed E-state index contributed by atoms with van der Waals surface area (Å²) in [5.74, 6) is 0.242. The SMILES string of the molecule is CCCCCC(c1ccc(C(N)=O)cc1)N1C(=O)C(C(/C=C(\C)F)=C/CCl)=NC12CCC(C(C)C)CC2. The van der Waals surface area contributed by atoms with Gasteiger partial charge in [0.15, 0.2) is 0 Å². The molecule has 1 aromatic carbocycles. The van der Waals surface area contributed by atoms with Gasteiger partial charge in [-0.2, -0.15) is 0 Å². The Balaban J connectivity index is 2.11. The summed E-state index contributed by atoms with van der Waals surface area (Å²) in [6.07, 6.45) is 10.3. The Morgan fingerprint density at radius 2 is 1.89 bits per heavy atom. The molecule has 202 valence electrons. The Morgan fingerprint density at radius 1 is 1.24 bits per heavy atom. The van der Waals surface area contributed by atoms with Gasteiger partial charge in [-0.15, -0.1) is 11.6 Å². The van der Waals surface area contributed by atoms with Crippen molar-refractivity contribution in [2.24, 2.45) is 22.6 Å². The number of primary amides is 1. The first-order chi connectivity index (χ1) is 17.6. The molecule has 1 aliphatic heterocycles. The number of aliphatic imine (C=N–C) groups is 1. The molecular weight excluding hydrogens is 489 g/mol. The Bertz CT molecular complexity index is 1050. The number of benzene rings is 1. The first-order valence-electron chi connectivity index (χ1n) is 13.6. The van der Waals surface area contributed by atoms with Crippen LogP contribution in [0.2, 0.25) is 0 Å². The zero-order chi connectivity index (χ0) is 27.2. The van der Waals surface area contributed by atoms with Gasteiger partial charge in [0, 0.05) is 17.0 Å². The molecular formula is C30H41ClFN3O2. The lowest BCUT2D eigenvalue weighted by Crippen LogP contribution is -2.51. The number of rotatable bonds is 11. The summed E-state index contributed by atoms with van der Waals surface area (Å²) >= 11 is 6.01. The first kappa shape index (κ1) is 29.1. The second-order valence-electron chi connectivity index (χ2n) is 10.7. The number of allylic oxidation sites excluding steroid dienone is 3. The van der Waals surface area contributed by atoms with E-state index in [1.54, 1.807) is 18.2 Å². The molecule has 0 bridgehead atoms. The quantitative estimate of drug-likeness (QED) is 0.186. The third-order valence-electron chi connectivity index (χ3n) is 7.86. The van der Waals surface area contributed by atoms with Gasteiger partial charge in [0.05, 0.1) is 11.9 Å². The average molecular weight is 530 g/mol. The van der Waals surface area contributed by atoms with Crippen molar-refractivity contribution in [3.63, 3.8) is 0 Å². The minimum Gasteiger partial charge on any atom is -0.366 e. The predicted molar refractivity (Wildman–Crippen MR) is 149 cm³/mol. The fourth-order valence-corrected chi connectivity index (χ4v) is 5.94. The zero-order valence-electron chi connectivity index (χ0n) is 22.6. The minimum atomic E-state index is -0.680. The monoisotopic (exact) mass is 529 g/mol. The number of nitrogens with two attached hydrogens (primary N) is 1. The maximum atomic E-state index is 14.2. The molecule has 0 saturated heterocycles. The molecule has 5 nitrogen and oxygen atoms in total. The molecule has 1 atom stereocenters. The third kappa shape index (κ3) is 6.70. The molecule has 1 spiro atoms. The van der Waals surface area contributed by atoms with Gasteiger partial charge < -0.3 is 10.6 Å². The van der Waals surface area contributed by atoms with E-state index in [2.05, 4.69) is 20.8 Å². The van der Waals surface area contributed by atoms with Crippen LogP contribution in [0.1, 0.15) is 101 Å². The summed E-state index contributed by atoms with van der Waals surface area (Å²) < 4.78 is 14.0. The van der Waals surface area contributed by atoms with Gasteiger partial charge in [-0.25, -0.2) is 4.39 Å². The van der Waals surface area contributed by atoms with E-state index in [9.17, 15) is 14.0 Å². The minimum absolute atomic E-state index is 0.155. The van der Waals surface area contributed by atoms with Gasteiger partial charge in [0.2, 0.25) is 5.91 Å². The van der Waals surface area contributed by atoms with E-state index >= 15 is 0 Å². The molecule has 37 heavy (non-hydrogen) atoms. The highest BCUT2D eigenvalue weighted by Crippen LogP contribution is 2.48. The van der Waals surface area contributed by atoms with Gasteiger partial charge in [-0.05, 0) is 74.6 Å². The summed E-state index contributed by atoms with van der Waals surface area (Å²) in [6.45, 7) is 8.01. The normalized spacial score (nSPS) is 23.6. The molecule has 1 unspecified atom stereocenters. The van der Waals surface area contributed by atoms with Crippen molar-refractivity contribution in [1.82, 2.24) is 4.90 Å². The van der Waals surface area contributed by atoms with Crippen LogP contribution in [0.15, 0.2) is 52.8 Å². The van der Waals surface area contributed by atoms with Gasteiger partial charge in [0.1, 0.15) is 11.4 Å². The van der Waals surface area contributed by atoms with Gasteiger partial charge >= 0.3 is 0 Å². The van der Waals surface area contributed by atoms with E-state index in [-0.39, 0.29) is 23.5 Å². The van der Waals surface area contributed by atoms with E-state index in [0.29, 0.717) is 23.0 Å². The maximum Gasteiger partial charge on any atom is 0.275 e. The van der Waals surface area contributed by atoms with Crippen LogP contribution in [-0.2, 0) is 4.79 Å². The number of halogens is 2. The fourth-order valence-electron chi connectivity index (χ4n) is 5.78. The molecule has 3 rings (SSSR count). The molecule has 1 saturated carbocycles. The zero-order valence-corrected chi connectivity index (χ0v) is 23.4. The molecule has 2 amide bonds. The third-order valence-corrected chi connectivity index (χ3v) is 8.02. The highest BCUT2D eigenvalue weighted by atomic mass is 35.5. The van der Waals surface area contributed by atoms with Crippen molar-refractivity contribution in [2.45, 2.75) is 90.8 Å². The highest BCUT2D eigenvalue weighted by Gasteiger charge is 2.52. The van der Waals surface area contributed by atoms with E-state index in [1.807, 2.05) is 17.0 Å². The molecule has 1 heterocycles. The standard InChI is InChI=1S/C30H41ClFN3O2/c1-5-6-7-8-26(23-9-11-24(12-10-23)28(33)36)35-29(37)27(25(15-18-31)19-21(4)32)34-30(35)16-13-22(14-17-30)20(2)3/h9-12,15,19-20,22,26H,5-8,13-14,16-18H2,1-4H3,(H2,33,36)/b21-19+,25-15+.